The van der Waals surface area contributed by atoms with E-state index in [1.807, 2.05) is 6.92 Å². The number of hydrogen-bond donors (Lipinski definition) is 1. The molecule has 1 aromatic heterocycles. The number of rotatable bonds is 1. The first-order valence-electron chi connectivity index (χ1n) is 4.44. The molecule has 4 heteroatoms. The summed E-state index contributed by atoms with van der Waals surface area (Å²) in [5, 5.41) is 9.90. The number of carbonyl (C=O) groups is 1. The Labute approximate surface area is 91.3 Å². The minimum atomic E-state index is -1.03. The van der Waals surface area contributed by atoms with Crippen LogP contribution < -0.4 is 0 Å². The van der Waals surface area contributed by atoms with Crippen LogP contribution in [-0.2, 0) is 0 Å². The summed E-state index contributed by atoms with van der Waals surface area (Å²) in [5.74, 6) is -0.315. The largest absolute Gasteiger partial charge is 0.478 e. The van der Waals surface area contributed by atoms with E-state index < -0.39 is 5.97 Å². The molecule has 78 valence electrons. The minimum absolute atomic E-state index is 0.114. The van der Waals surface area contributed by atoms with Crippen LogP contribution >= 0.6 is 11.6 Å². The second-order valence-electron chi connectivity index (χ2n) is 3.38. The van der Waals surface area contributed by atoms with Crippen molar-refractivity contribution >= 4 is 28.5 Å². The molecule has 0 spiro atoms. The predicted octanol–water partition coefficient (Wildman–Crippen LogP) is 3.40. The average Bonchev–Trinajstić information content (AvgIpc) is 2.44. The van der Waals surface area contributed by atoms with Gasteiger partial charge in [-0.05, 0) is 31.5 Å². The molecule has 0 fully saturated rings. The molecule has 0 aliphatic rings. The van der Waals surface area contributed by atoms with Gasteiger partial charge in [0.05, 0.1) is 10.6 Å². The first-order chi connectivity index (χ1) is 7.02. The van der Waals surface area contributed by atoms with Crippen LogP contribution in [0, 0.1) is 13.8 Å². The number of benzene rings is 1. The van der Waals surface area contributed by atoms with Gasteiger partial charge in [-0.3, -0.25) is 0 Å². The van der Waals surface area contributed by atoms with E-state index in [9.17, 15) is 4.79 Å². The highest BCUT2D eigenvalue weighted by Gasteiger charge is 2.18. The summed E-state index contributed by atoms with van der Waals surface area (Å²) in [7, 11) is 0. The van der Waals surface area contributed by atoms with E-state index >= 15 is 0 Å². The van der Waals surface area contributed by atoms with Crippen LogP contribution in [0.2, 0.25) is 5.02 Å². The van der Waals surface area contributed by atoms with Crippen molar-refractivity contribution < 1.29 is 14.3 Å². The molecule has 0 aliphatic carbocycles. The monoisotopic (exact) mass is 224 g/mol. The highest BCUT2D eigenvalue weighted by molar-refractivity contribution is 6.35. The van der Waals surface area contributed by atoms with E-state index in [0.717, 1.165) is 11.3 Å². The van der Waals surface area contributed by atoms with Crippen molar-refractivity contribution in [1.82, 2.24) is 0 Å². The maximum absolute atomic E-state index is 11.1. The molecule has 2 rings (SSSR count). The van der Waals surface area contributed by atoms with Gasteiger partial charge in [0.2, 0.25) is 0 Å². The van der Waals surface area contributed by atoms with Crippen LogP contribution in [0.15, 0.2) is 16.5 Å². The van der Waals surface area contributed by atoms with Crippen LogP contribution in [0.4, 0.5) is 0 Å². The fraction of sp³-hybridized carbons (Fsp3) is 0.182. The Morgan fingerprint density at radius 3 is 2.67 bits per heavy atom. The van der Waals surface area contributed by atoms with Crippen LogP contribution in [0.25, 0.3) is 11.0 Å². The smallest absolute Gasteiger partial charge is 0.337 e. The molecule has 1 heterocycles. The van der Waals surface area contributed by atoms with Gasteiger partial charge in [-0.15, -0.1) is 0 Å². The number of aryl methyl sites for hydroxylation is 2. The Balaban J connectivity index is 2.97. The van der Waals surface area contributed by atoms with E-state index in [-0.39, 0.29) is 10.6 Å². The molecule has 0 bridgehead atoms. The van der Waals surface area contributed by atoms with Crippen molar-refractivity contribution in [3.05, 3.63) is 34.0 Å². The summed E-state index contributed by atoms with van der Waals surface area (Å²) in [6, 6.07) is 3.22. The third kappa shape index (κ3) is 1.39. The van der Waals surface area contributed by atoms with Gasteiger partial charge in [-0.1, -0.05) is 11.6 Å². The predicted molar refractivity (Wildman–Crippen MR) is 57.7 cm³/mol. The van der Waals surface area contributed by atoms with Crippen molar-refractivity contribution in [1.29, 1.82) is 0 Å². The summed E-state index contributed by atoms with van der Waals surface area (Å²) >= 11 is 5.86. The third-order valence-corrected chi connectivity index (χ3v) is 2.81. The molecule has 0 aliphatic heterocycles. The molecular weight excluding hydrogens is 216 g/mol. The zero-order chi connectivity index (χ0) is 11.2. The molecule has 0 unspecified atom stereocenters. The summed E-state index contributed by atoms with van der Waals surface area (Å²) < 4.78 is 5.42. The van der Waals surface area contributed by atoms with E-state index in [4.69, 9.17) is 21.1 Å². The maximum Gasteiger partial charge on any atom is 0.337 e. The lowest BCUT2D eigenvalue weighted by atomic mass is 10.1. The molecule has 0 amide bonds. The van der Waals surface area contributed by atoms with Gasteiger partial charge < -0.3 is 9.52 Å². The number of carboxylic acid groups (broad SMARTS) is 1. The molecule has 0 atom stereocenters. The molecule has 0 saturated heterocycles. The first kappa shape index (κ1) is 10.1. The van der Waals surface area contributed by atoms with Crippen LogP contribution in [0.1, 0.15) is 21.7 Å². The topological polar surface area (TPSA) is 50.4 Å². The summed E-state index contributed by atoms with van der Waals surface area (Å²) in [6.45, 7) is 3.62. The van der Waals surface area contributed by atoms with E-state index in [0.29, 0.717) is 11.0 Å². The fourth-order valence-corrected chi connectivity index (χ4v) is 1.88. The van der Waals surface area contributed by atoms with Crippen molar-refractivity contribution in [2.24, 2.45) is 0 Å². The zero-order valence-electron chi connectivity index (χ0n) is 8.30. The van der Waals surface area contributed by atoms with Crippen molar-refractivity contribution in [2.45, 2.75) is 13.8 Å². The van der Waals surface area contributed by atoms with Gasteiger partial charge in [0.1, 0.15) is 11.3 Å². The van der Waals surface area contributed by atoms with Crippen LogP contribution in [0.5, 0.6) is 0 Å². The molecule has 0 radical (unpaired) electrons. The highest BCUT2D eigenvalue weighted by atomic mass is 35.5. The lowest BCUT2D eigenvalue weighted by Gasteiger charge is -2.00. The fourth-order valence-electron chi connectivity index (χ4n) is 1.64. The van der Waals surface area contributed by atoms with Crippen molar-refractivity contribution in [2.75, 3.05) is 0 Å². The molecule has 0 saturated carbocycles. The molecule has 15 heavy (non-hydrogen) atoms. The molecule has 1 N–H and O–H groups in total. The summed E-state index contributed by atoms with van der Waals surface area (Å²) in [4.78, 5) is 11.1. The van der Waals surface area contributed by atoms with E-state index in [2.05, 4.69) is 0 Å². The van der Waals surface area contributed by atoms with Crippen LogP contribution in [-0.4, -0.2) is 11.1 Å². The lowest BCUT2D eigenvalue weighted by Crippen LogP contribution is -1.98. The number of carboxylic acids is 1. The maximum atomic E-state index is 11.1. The minimum Gasteiger partial charge on any atom is -0.478 e. The molecular formula is C11H9ClO3. The van der Waals surface area contributed by atoms with E-state index in [1.54, 1.807) is 13.0 Å². The van der Waals surface area contributed by atoms with E-state index in [1.165, 1.54) is 6.07 Å². The number of halogens is 1. The second-order valence-corrected chi connectivity index (χ2v) is 3.79. The van der Waals surface area contributed by atoms with Crippen molar-refractivity contribution in [3.8, 4) is 0 Å². The number of aromatic carboxylic acids is 1. The SMILES string of the molecule is Cc1oc2ccc(Cl)c(C(=O)O)c2c1C. The Morgan fingerprint density at radius 2 is 2.07 bits per heavy atom. The highest BCUT2D eigenvalue weighted by Crippen LogP contribution is 2.32. The number of furan rings is 1. The quantitative estimate of drug-likeness (QED) is 0.808. The average molecular weight is 225 g/mol. The Morgan fingerprint density at radius 1 is 1.40 bits per heavy atom. The number of hydrogen-bond acceptors (Lipinski definition) is 2. The zero-order valence-corrected chi connectivity index (χ0v) is 9.05. The van der Waals surface area contributed by atoms with Crippen molar-refractivity contribution in [3.63, 3.8) is 0 Å². The number of fused-ring (bicyclic) bond motifs is 1. The van der Waals surface area contributed by atoms with Gasteiger partial charge in [-0.25, -0.2) is 4.79 Å². The van der Waals surface area contributed by atoms with Gasteiger partial charge in [0, 0.05) is 5.39 Å². The summed E-state index contributed by atoms with van der Waals surface area (Å²) in [6.07, 6.45) is 0. The lowest BCUT2D eigenvalue weighted by molar-refractivity contribution is 0.0699. The van der Waals surface area contributed by atoms with Crippen LogP contribution in [0.3, 0.4) is 0 Å². The van der Waals surface area contributed by atoms with Gasteiger partial charge >= 0.3 is 5.97 Å². The Hall–Kier alpha value is -1.48. The van der Waals surface area contributed by atoms with Gasteiger partial charge in [0.15, 0.2) is 0 Å². The molecule has 2 aromatic rings. The van der Waals surface area contributed by atoms with Gasteiger partial charge in [0.25, 0.3) is 0 Å². The normalized spacial score (nSPS) is 10.9. The van der Waals surface area contributed by atoms with Gasteiger partial charge in [-0.2, -0.15) is 0 Å². The third-order valence-electron chi connectivity index (χ3n) is 2.50. The summed E-state index contributed by atoms with van der Waals surface area (Å²) in [5.41, 5.74) is 1.50. The Bertz CT molecular complexity index is 554. The Kier molecular flexibility index (Phi) is 2.20. The first-order valence-corrected chi connectivity index (χ1v) is 4.81. The molecule has 3 nitrogen and oxygen atoms in total. The molecule has 1 aromatic carbocycles. The second kappa shape index (κ2) is 3.28. The standard InChI is InChI=1S/C11H9ClO3/c1-5-6(2)15-8-4-3-7(12)10(9(5)8)11(13)14/h3-4H,1-2H3,(H,13,14).